The molecule has 0 aliphatic rings. The van der Waals surface area contributed by atoms with Crippen LogP contribution in [0, 0.1) is 0 Å². The third kappa shape index (κ3) is 2.09. The van der Waals surface area contributed by atoms with Gasteiger partial charge in [0.15, 0.2) is 0 Å². The summed E-state index contributed by atoms with van der Waals surface area (Å²) in [6.45, 7) is 0. The van der Waals surface area contributed by atoms with Crippen molar-refractivity contribution < 1.29 is 4.79 Å². The van der Waals surface area contributed by atoms with Crippen molar-refractivity contribution in [2.45, 2.75) is 0 Å². The Balaban J connectivity index is 3.11. The van der Waals surface area contributed by atoms with Gasteiger partial charge in [-0.3, -0.25) is 4.79 Å². The van der Waals surface area contributed by atoms with Crippen LogP contribution in [-0.2, 0) is 0 Å². The minimum absolute atomic E-state index is 0.219. The predicted molar refractivity (Wildman–Crippen MR) is 52.2 cm³/mol. The van der Waals surface area contributed by atoms with Crippen molar-refractivity contribution in [3.8, 4) is 0 Å². The first-order valence-corrected chi connectivity index (χ1v) is 4.12. The standard InChI is InChI=1S/C8H10ClN3O/c1-10-7-3-5(8(13)11-2)6(9)4-12-7/h3-4H,1-2H3,(H,10,12)(H,11,13). The highest BCUT2D eigenvalue weighted by molar-refractivity contribution is 6.33. The first-order valence-electron chi connectivity index (χ1n) is 3.74. The van der Waals surface area contributed by atoms with Crippen molar-refractivity contribution >= 4 is 23.3 Å². The Kier molecular flexibility index (Phi) is 3.08. The Bertz CT molecular complexity index is 327. The second-order valence-corrected chi connectivity index (χ2v) is 2.79. The maximum Gasteiger partial charge on any atom is 0.252 e. The Hall–Kier alpha value is -1.29. The smallest absolute Gasteiger partial charge is 0.252 e. The summed E-state index contributed by atoms with van der Waals surface area (Å²) in [6.07, 6.45) is 1.44. The Morgan fingerprint density at radius 3 is 2.77 bits per heavy atom. The molecule has 1 aromatic heterocycles. The monoisotopic (exact) mass is 199 g/mol. The van der Waals surface area contributed by atoms with Crippen molar-refractivity contribution in [1.29, 1.82) is 0 Å². The molecule has 5 heteroatoms. The summed E-state index contributed by atoms with van der Waals surface area (Å²) in [7, 11) is 3.28. The van der Waals surface area contributed by atoms with Crippen molar-refractivity contribution in [3.63, 3.8) is 0 Å². The molecular formula is C8H10ClN3O. The number of nitrogens with one attached hydrogen (secondary N) is 2. The summed E-state index contributed by atoms with van der Waals surface area (Å²) < 4.78 is 0. The highest BCUT2D eigenvalue weighted by atomic mass is 35.5. The molecule has 1 aromatic rings. The van der Waals surface area contributed by atoms with Crippen LogP contribution in [0.5, 0.6) is 0 Å². The van der Waals surface area contributed by atoms with Crippen molar-refractivity contribution in [1.82, 2.24) is 10.3 Å². The summed E-state index contributed by atoms with van der Waals surface area (Å²) in [5.41, 5.74) is 0.420. The maximum absolute atomic E-state index is 11.3. The lowest BCUT2D eigenvalue weighted by Gasteiger charge is -2.04. The number of hydrogen-bond acceptors (Lipinski definition) is 3. The molecule has 0 aromatic carbocycles. The maximum atomic E-state index is 11.3. The predicted octanol–water partition coefficient (Wildman–Crippen LogP) is 1.14. The molecule has 4 nitrogen and oxygen atoms in total. The third-order valence-corrected chi connectivity index (χ3v) is 1.88. The molecule has 2 N–H and O–H groups in total. The number of aromatic nitrogens is 1. The van der Waals surface area contributed by atoms with E-state index < -0.39 is 0 Å². The summed E-state index contributed by atoms with van der Waals surface area (Å²) >= 11 is 5.78. The number of carbonyl (C=O) groups is 1. The molecule has 1 heterocycles. The Morgan fingerprint density at radius 2 is 2.23 bits per heavy atom. The lowest BCUT2D eigenvalue weighted by atomic mass is 10.2. The van der Waals surface area contributed by atoms with E-state index in [9.17, 15) is 4.79 Å². The quantitative estimate of drug-likeness (QED) is 0.751. The highest BCUT2D eigenvalue weighted by Gasteiger charge is 2.09. The van der Waals surface area contributed by atoms with E-state index in [4.69, 9.17) is 11.6 Å². The summed E-state index contributed by atoms with van der Waals surface area (Å²) in [5, 5.41) is 5.66. The lowest BCUT2D eigenvalue weighted by molar-refractivity contribution is 0.0963. The molecule has 0 bridgehead atoms. The average molecular weight is 200 g/mol. The zero-order valence-corrected chi connectivity index (χ0v) is 8.14. The summed E-state index contributed by atoms with van der Waals surface area (Å²) in [5.74, 6) is 0.395. The zero-order valence-electron chi connectivity index (χ0n) is 7.39. The number of hydrogen-bond donors (Lipinski definition) is 2. The Labute approximate surface area is 81.3 Å². The molecule has 0 fully saturated rings. The van der Waals surface area contributed by atoms with Crippen molar-refractivity contribution in [2.24, 2.45) is 0 Å². The van der Waals surface area contributed by atoms with Crippen molar-refractivity contribution in [3.05, 3.63) is 22.8 Å². The number of nitrogens with zero attached hydrogens (tertiary/aromatic N) is 1. The molecule has 0 spiro atoms. The second kappa shape index (κ2) is 4.09. The molecule has 70 valence electrons. The zero-order chi connectivity index (χ0) is 9.84. The first-order chi connectivity index (χ1) is 6.19. The van der Waals surface area contributed by atoms with Gasteiger partial charge in [0.25, 0.3) is 5.91 Å². The van der Waals surface area contributed by atoms with Crippen LogP contribution in [0.2, 0.25) is 5.02 Å². The van der Waals surface area contributed by atoms with E-state index in [0.29, 0.717) is 16.4 Å². The van der Waals surface area contributed by atoms with Crippen LogP contribution in [0.4, 0.5) is 5.82 Å². The van der Waals surface area contributed by atoms with Gasteiger partial charge in [0.1, 0.15) is 5.82 Å². The van der Waals surface area contributed by atoms with Crippen molar-refractivity contribution in [2.75, 3.05) is 19.4 Å². The SMILES string of the molecule is CNC(=O)c1cc(NC)ncc1Cl. The van der Waals surface area contributed by atoms with E-state index in [2.05, 4.69) is 15.6 Å². The van der Waals surface area contributed by atoms with E-state index in [1.807, 2.05) is 0 Å². The number of pyridine rings is 1. The fourth-order valence-electron chi connectivity index (χ4n) is 0.884. The molecule has 0 radical (unpaired) electrons. The van der Waals surface area contributed by atoms with Gasteiger partial charge in [-0.15, -0.1) is 0 Å². The number of anilines is 1. The number of carbonyl (C=O) groups excluding carboxylic acids is 1. The molecule has 1 amide bonds. The highest BCUT2D eigenvalue weighted by Crippen LogP contribution is 2.17. The minimum Gasteiger partial charge on any atom is -0.373 e. The van der Waals surface area contributed by atoms with E-state index in [-0.39, 0.29) is 5.91 Å². The van der Waals surface area contributed by atoms with Gasteiger partial charge in [-0.25, -0.2) is 4.98 Å². The fraction of sp³-hybridized carbons (Fsp3) is 0.250. The molecule has 0 atom stereocenters. The van der Waals surface area contributed by atoms with E-state index in [1.54, 1.807) is 20.2 Å². The first kappa shape index (κ1) is 9.80. The molecule has 0 unspecified atom stereocenters. The topological polar surface area (TPSA) is 54.0 Å². The molecule has 0 saturated carbocycles. The normalized spacial score (nSPS) is 9.46. The van der Waals surface area contributed by atoms with Gasteiger partial charge in [-0.05, 0) is 6.07 Å². The van der Waals surface area contributed by atoms with Gasteiger partial charge in [0, 0.05) is 20.3 Å². The molecule has 0 aliphatic carbocycles. The van der Waals surface area contributed by atoms with Gasteiger partial charge >= 0.3 is 0 Å². The largest absolute Gasteiger partial charge is 0.373 e. The fourth-order valence-corrected chi connectivity index (χ4v) is 1.07. The van der Waals surface area contributed by atoms with Gasteiger partial charge in [-0.2, -0.15) is 0 Å². The van der Waals surface area contributed by atoms with Crippen LogP contribution < -0.4 is 10.6 Å². The lowest BCUT2D eigenvalue weighted by Crippen LogP contribution is -2.18. The van der Waals surface area contributed by atoms with Crippen LogP contribution in [0.3, 0.4) is 0 Å². The van der Waals surface area contributed by atoms with Gasteiger partial charge in [0.2, 0.25) is 0 Å². The van der Waals surface area contributed by atoms with Crippen LogP contribution in [0.25, 0.3) is 0 Å². The Morgan fingerprint density at radius 1 is 1.54 bits per heavy atom. The third-order valence-electron chi connectivity index (χ3n) is 1.58. The van der Waals surface area contributed by atoms with Gasteiger partial charge in [0.05, 0.1) is 10.6 Å². The van der Waals surface area contributed by atoms with Gasteiger partial charge in [-0.1, -0.05) is 11.6 Å². The molecule has 0 saturated heterocycles. The summed E-state index contributed by atoms with van der Waals surface area (Å²) in [6, 6.07) is 1.60. The van der Waals surface area contributed by atoms with E-state index in [0.717, 1.165) is 0 Å². The van der Waals surface area contributed by atoms with Crippen LogP contribution in [0.15, 0.2) is 12.3 Å². The van der Waals surface area contributed by atoms with Crippen LogP contribution in [-0.4, -0.2) is 25.0 Å². The molecule has 0 aliphatic heterocycles. The molecule has 1 rings (SSSR count). The molecule has 13 heavy (non-hydrogen) atoms. The number of amides is 1. The van der Waals surface area contributed by atoms with Gasteiger partial charge < -0.3 is 10.6 Å². The molecular weight excluding hydrogens is 190 g/mol. The van der Waals surface area contributed by atoms with E-state index >= 15 is 0 Å². The van der Waals surface area contributed by atoms with Crippen LogP contribution >= 0.6 is 11.6 Å². The summed E-state index contributed by atoms with van der Waals surface area (Å²) in [4.78, 5) is 15.2. The number of rotatable bonds is 2. The number of halogens is 1. The minimum atomic E-state index is -0.219. The second-order valence-electron chi connectivity index (χ2n) is 2.38. The average Bonchev–Trinajstić information content (AvgIpc) is 2.17. The van der Waals surface area contributed by atoms with E-state index in [1.165, 1.54) is 6.20 Å². The van der Waals surface area contributed by atoms with Crippen LogP contribution in [0.1, 0.15) is 10.4 Å².